The lowest BCUT2D eigenvalue weighted by Crippen LogP contribution is -2.65. The van der Waals surface area contributed by atoms with Crippen LogP contribution >= 0.6 is 0 Å². The maximum Gasteiger partial charge on any atom is 0.465 e. The molecule has 6 nitrogen and oxygen atoms in total. The number of esters is 2. The van der Waals surface area contributed by atoms with Crippen LogP contribution in [0.3, 0.4) is 0 Å². The molecular weight excluding hydrogens is 560 g/mol. The van der Waals surface area contributed by atoms with E-state index in [-0.39, 0.29) is 18.0 Å². The van der Waals surface area contributed by atoms with Crippen LogP contribution in [-0.4, -0.2) is 72.9 Å². The molecule has 5 atom stereocenters. The molecule has 0 N–H and O–H groups in total. The Kier molecular flexibility index (Phi) is 5.81. The number of ether oxygens (including phenoxy) is 3. The largest absolute Gasteiger partial charge is 0.481 e. The van der Waals surface area contributed by atoms with E-state index in [0.29, 0.717) is 18.5 Å². The summed E-state index contributed by atoms with van der Waals surface area (Å²) < 4.78 is 146. The molecule has 1 fully saturated rings. The van der Waals surface area contributed by atoms with Gasteiger partial charge in [-0.1, -0.05) is 12.1 Å². The van der Waals surface area contributed by atoms with Crippen LogP contribution < -0.4 is 9.47 Å². The minimum atomic E-state index is -6.27. The molecule has 2 aliphatic carbocycles. The van der Waals surface area contributed by atoms with Crippen LogP contribution in [0.1, 0.15) is 17.5 Å². The average molecular weight is 577 g/mol. The lowest BCUT2D eigenvalue weighted by atomic mass is 9.53. The van der Waals surface area contributed by atoms with Crippen molar-refractivity contribution < 1.29 is 67.7 Å². The summed E-state index contributed by atoms with van der Waals surface area (Å²) in [4.78, 5) is 25.7. The van der Waals surface area contributed by atoms with E-state index in [9.17, 15) is 53.5 Å². The highest BCUT2D eigenvalue weighted by Crippen LogP contribution is 2.63. The van der Waals surface area contributed by atoms with E-state index in [1.54, 1.807) is 7.05 Å². The third kappa shape index (κ3) is 3.73. The summed E-state index contributed by atoms with van der Waals surface area (Å²) in [5.74, 6) is -19.4. The van der Waals surface area contributed by atoms with Crippen LogP contribution in [0.25, 0.3) is 0 Å². The monoisotopic (exact) mass is 577 g/mol. The highest BCUT2D eigenvalue weighted by Gasteiger charge is 2.69. The van der Waals surface area contributed by atoms with E-state index in [1.807, 2.05) is 4.90 Å². The molecule has 214 valence electrons. The van der Waals surface area contributed by atoms with Crippen molar-refractivity contribution in [2.75, 3.05) is 13.6 Å². The Morgan fingerprint density at radius 3 is 2.18 bits per heavy atom. The van der Waals surface area contributed by atoms with Gasteiger partial charge in [0.1, 0.15) is 6.10 Å². The van der Waals surface area contributed by atoms with E-state index >= 15 is 0 Å². The highest BCUT2D eigenvalue weighted by molar-refractivity contribution is 5.82. The fraction of sp³-hybridized carbons (Fsp3) is 0.565. The number of nitrogens with zero attached hydrogens (tertiary/aromatic N) is 1. The number of carbonyl (C=O) groups is 2. The molecule has 2 aliphatic heterocycles. The molecule has 1 spiro atoms. The SMILES string of the molecule is CN1CCC23c4c5ccc(OC(=O)C(F)(F)C(F)(F)F)c4OC2C(OC(=O)C(F)(F)C(F)(F)F)C=CC3C1C5. The first-order chi connectivity index (χ1) is 17.8. The fourth-order valence-electron chi connectivity index (χ4n) is 5.98. The highest BCUT2D eigenvalue weighted by atomic mass is 19.4. The number of carbonyl (C=O) groups excluding carboxylic acids is 2. The lowest BCUT2D eigenvalue weighted by Gasteiger charge is -2.56. The first kappa shape index (κ1) is 27.5. The number of rotatable bonds is 4. The molecule has 39 heavy (non-hydrogen) atoms. The molecular formula is C23H17F10NO5. The summed E-state index contributed by atoms with van der Waals surface area (Å²) in [5.41, 5.74) is -0.540. The predicted molar refractivity (Wildman–Crippen MR) is 107 cm³/mol. The average Bonchev–Trinajstić information content (AvgIpc) is 3.17. The molecule has 5 unspecified atom stereocenters. The zero-order valence-electron chi connectivity index (χ0n) is 19.5. The van der Waals surface area contributed by atoms with Crippen molar-refractivity contribution in [1.82, 2.24) is 4.90 Å². The van der Waals surface area contributed by atoms with Gasteiger partial charge in [0.05, 0.1) is 0 Å². The number of hydrogen-bond donors (Lipinski definition) is 0. The predicted octanol–water partition coefficient (Wildman–Crippen LogP) is 4.34. The first-order valence-corrected chi connectivity index (χ1v) is 11.4. The van der Waals surface area contributed by atoms with Gasteiger partial charge in [0.2, 0.25) is 0 Å². The molecule has 5 rings (SSSR count). The van der Waals surface area contributed by atoms with Gasteiger partial charge in [0.15, 0.2) is 17.6 Å². The van der Waals surface area contributed by atoms with Gasteiger partial charge in [-0.2, -0.15) is 43.9 Å². The standard InChI is InChI=1S/C23H17F10NO5/c1-34-7-6-19-10-3-5-13(38-18(36)21(26,27)23(31,32)33)16(19)39-15-12(4-2-9(14(15)19)8-11(10)34)37-17(35)20(24,25)22(28,29)30/h2-5,10-11,13,16H,6-8H2,1H3. The molecule has 0 aromatic heterocycles. The molecule has 0 radical (unpaired) electrons. The molecule has 4 aliphatic rings. The van der Waals surface area contributed by atoms with Crippen LogP contribution in [0, 0.1) is 5.92 Å². The van der Waals surface area contributed by atoms with Crippen molar-refractivity contribution in [3.63, 3.8) is 0 Å². The van der Waals surface area contributed by atoms with E-state index in [2.05, 4.69) is 9.47 Å². The van der Waals surface area contributed by atoms with Crippen LogP contribution in [0.5, 0.6) is 11.5 Å². The third-order valence-corrected chi connectivity index (χ3v) is 7.79. The summed E-state index contributed by atoms with van der Waals surface area (Å²) in [5, 5.41) is 0. The van der Waals surface area contributed by atoms with Gasteiger partial charge >= 0.3 is 36.1 Å². The van der Waals surface area contributed by atoms with Gasteiger partial charge < -0.3 is 19.1 Å². The maximum atomic E-state index is 13.7. The molecule has 1 aromatic carbocycles. The van der Waals surface area contributed by atoms with E-state index < -0.39 is 71.2 Å². The fourth-order valence-corrected chi connectivity index (χ4v) is 5.98. The van der Waals surface area contributed by atoms with Crippen molar-refractivity contribution in [2.45, 2.75) is 60.7 Å². The molecule has 1 saturated heterocycles. The summed E-state index contributed by atoms with van der Waals surface area (Å²) in [6.45, 7) is 0.337. The topological polar surface area (TPSA) is 65.1 Å². The molecule has 2 bridgehead atoms. The van der Waals surface area contributed by atoms with Gasteiger partial charge in [0.25, 0.3) is 0 Å². The van der Waals surface area contributed by atoms with Crippen molar-refractivity contribution in [1.29, 1.82) is 0 Å². The quantitative estimate of drug-likeness (QED) is 0.230. The number of alkyl halides is 10. The van der Waals surface area contributed by atoms with E-state index in [0.717, 1.165) is 12.1 Å². The minimum absolute atomic E-state index is 0.152. The summed E-state index contributed by atoms with van der Waals surface area (Å²) in [7, 11) is 1.79. The Hall–Kier alpha value is -3.04. The maximum absolute atomic E-state index is 13.7. The number of hydrogen-bond acceptors (Lipinski definition) is 6. The number of benzene rings is 1. The van der Waals surface area contributed by atoms with Gasteiger partial charge in [0, 0.05) is 22.9 Å². The summed E-state index contributed by atoms with van der Waals surface area (Å²) in [6, 6.07) is 1.99. The van der Waals surface area contributed by atoms with Crippen molar-refractivity contribution in [3.05, 3.63) is 35.4 Å². The second kappa shape index (κ2) is 8.24. The molecule has 16 heteroatoms. The Bertz CT molecular complexity index is 1260. The lowest BCUT2D eigenvalue weighted by molar-refractivity contribution is -0.283. The number of piperidine rings is 1. The molecule has 0 saturated carbocycles. The number of halogens is 10. The molecule has 1 aromatic rings. The number of likely N-dealkylation sites (N-methyl/N-ethyl adjacent to an activating group) is 1. The van der Waals surface area contributed by atoms with Gasteiger partial charge in [-0.05, 0) is 44.1 Å². The smallest absolute Gasteiger partial charge is 0.465 e. The van der Waals surface area contributed by atoms with E-state index in [4.69, 9.17) is 4.74 Å². The van der Waals surface area contributed by atoms with Crippen LogP contribution in [0.15, 0.2) is 24.3 Å². The zero-order chi connectivity index (χ0) is 28.9. The van der Waals surface area contributed by atoms with Gasteiger partial charge in [-0.3, -0.25) is 0 Å². The second-order valence-corrected chi connectivity index (χ2v) is 9.82. The summed E-state index contributed by atoms with van der Waals surface area (Å²) in [6.07, 6.45) is -12.8. The van der Waals surface area contributed by atoms with Crippen molar-refractivity contribution in [2.24, 2.45) is 5.92 Å². The van der Waals surface area contributed by atoms with E-state index in [1.165, 1.54) is 12.1 Å². The normalized spacial score (nSPS) is 29.9. The third-order valence-electron chi connectivity index (χ3n) is 7.79. The Labute approximate surface area is 212 Å². The minimum Gasteiger partial charge on any atom is -0.481 e. The van der Waals surface area contributed by atoms with Crippen LogP contribution in [-0.2, 0) is 26.2 Å². The zero-order valence-corrected chi connectivity index (χ0v) is 19.5. The second-order valence-electron chi connectivity index (χ2n) is 9.82. The molecule has 0 amide bonds. The first-order valence-electron chi connectivity index (χ1n) is 11.4. The van der Waals surface area contributed by atoms with Crippen LogP contribution in [0.4, 0.5) is 43.9 Å². The van der Waals surface area contributed by atoms with Crippen LogP contribution in [0.2, 0.25) is 0 Å². The number of likely N-dealkylation sites (tertiary alicyclic amines) is 1. The van der Waals surface area contributed by atoms with Crippen molar-refractivity contribution in [3.8, 4) is 11.5 Å². The molecule has 2 heterocycles. The Balaban J connectivity index is 1.57. The summed E-state index contributed by atoms with van der Waals surface area (Å²) >= 11 is 0. The Morgan fingerprint density at radius 2 is 1.56 bits per heavy atom. The van der Waals surface area contributed by atoms with Crippen molar-refractivity contribution >= 4 is 11.9 Å². The van der Waals surface area contributed by atoms with Gasteiger partial charge in [-0.25, -0.2) is 9.59 Å². The Morgan fingerprint density at radius 1 is 0.949 bits per heavy atom. The van der Waals surface area contributed by atoms with Gasteiger partial charge in [-0.15, -0.1) is 0 Å².